The average Bonchev–Trinajstić information content (AvgIpc) is 3.45. The van der Waals surface area contributed by atoms with Crippen molar-refractivity contribution < 1.29 is 22.4 Å². The van der Waals surface area contributed by atoms with Crippen LogP contribution < -0.4 is 5.32 Å². The van der Waals surface area contributed by atoms with Gasteiger partial charge in [0.25, 0.3) is 21.8 Å². The highest BCUT2D eigenvalue weighted by Crippen LogP contribution is 2.39. The first kappa shape index (κ1) is 19.1. The number of halogens is 2. The number of amides is 2. The predicted octanol–water partition coefficient (Wildman–Crippen LogP) is 2.87. The Kier molecular flexibility index (Phi) is 4.75. The van der Waals surface area contributed by atoms with Crippen LogP contribution in [0.5, 0.6) is 0 Å². The molecular formula is C19H16BrFN2O4S. The van der Waals surface area contributed by atoms with Gasteiger partial charge in [0.05, 0.1) is 10.0 Å². The van der Waals surface area contributed by atoms with E-state index < -0.39 is 21.8 Å². The van der Waals surface area contributed by atoms with Crippen molar-refractivity contribution in [3.05, 3.63) is 63.4 Å². The molecule has 0 bridgehead atoms. The van der Waals surface area contributed by atoms with Crippen molar-refractivity contribution in [3.63, 3.8) is 0 Å². The maximum Gasteiger partial charge on any atom is 0.269 e. The van der Waals surface area contributed by atoms with E-state index in [-0.39, 0.29) is 27.9 Å². The van der Waals surface area contributed by atoms with Gasteiger partial charge in [-0.2, -0.15) is 0 Å². The molecule has 2 aromatic rings. The van der Waals surface area contributed by atoms with Gasteiger partial charge in [-0.1, -0.05) is 6.07 Å². The highest BCUT2D eigenvalue weighted by molar-refractivity contribution is 9.10. The fourth-order valence-electron chi connectivity index (χ4n) is 3.18. The summed E-state index contributed by atoms with van der Waals surface area (Å²) in [6.07, 6.45) is 1.83. The summed E-state index contributed by atoms with van der Waals surface area (Å²) in [5.41, 5.74) is 1.13. The molecule has 0 spiro atoms. The largest absolute Gasteiger partial charge is 0.352 e. The first-order valence-electron chi connectivity index (χ1n) is 8.74. The Morgan fingerprint density at radius 2 is 1.96 bits per heavy atom. The lowest BCUT2D eigenvalue weighted by Crippen LogP contribution is -2.32. The molecule has 1 fully saturated rings. The number of benzene rings is 2. The minimum absolute atomic E-state index is 0.111. The number of rotatable bonds is 5. The quantitative estimate of drug-likeness (QED) is 0.733. The molecular weight excluding hydrogens is 451 g/mol. The summed E-state index contributed by atoms with van der Waals surface area (Å²) in [6.45, 7) is 0.299. The first-order valence-corrected chi connectivity index (χ1v) is 11.0. The van der Waals surface area contributed by atoms with Crippen LogP contribution in [0.15, 0.2) is 45.8 Å². The van der Waals surface area contributed by atoms with E-state index in [4.69, 9.17) is 0 Å². The molecule has 2 amide bonds. The van der Waals surface area contributed by atoms with Crippen molar-refractivity contribution >= 4 is 37.8 Å². The second-order valence-corrected chi connectivity index (χ2v) is 9.44. The normalized spacial score (nSPS) is 17.5. The second-order valence-electron chi connectivity index (χ2n) is 6.80. The average molecular weight is 467 g/mol. The van der Waals surface area contributed by atoms with Gasteiger partial charge in [0.2, 0.25) is 0 Å². The number of carbonyl (C=O) groups excluding carboxylic acids is 2. The highest BCUT2D eigenvalue weighted by Gasteiger charge is 2.48. The first-order chi connectivity index (χ1) is 13.3. The molecule has 2 aliphatic rings. The number of nitrogens with one attached hydrogen (secondary N) is 1. The Balaban J connectivity index is 1.47. The molecule has 1 saturated carbocycles. The van der Waals surface area contributed by atoms with Gasteiger partial charge < -0.3 is 5.32 Å². The van der Waals surface area contributed by atoms with Gasteiger partial charge in [0, 0.05) is 18.2 Å². The van der Waals surface area contributed by atoms with Crippen LogP contribution >= 0.6 is 15.9 Å². The van der Waals surface area contributed by atoms with E-state index in [9.17, 15) is 22.4 Å². The van der Waals surface area contributed by atoms with Crippen molar-refractivity contribution in [1.82, 2.24) is 9.62 Å². The van der Waals surface area contributed by atoms with Crippen LogP contribution in [0.4, 0.5) is 4.39 Å². The minimum Gasteiger partial charge on any atom is -0.352 e. The molecule has 1 aliphatic carbocycles. The van der Waals surface area contributed by atoms with Gasteiger partial charge in [-0.3, -0.25) is 9.59 Å². The molecule has 146 valence electrons. The van der Waals surface area contributed by atoms with Crippen LogP contribution in [0.1, 0.15) is 39.1 Å². The number of sulfonamides is 1. The number of hydrogen-bond donors (Lipinski definition) is 1. The van der Waals surface area contributed by atoms with Gasteiger partial charge in [0.15, 0.2) is 0 Å². The van der Waals surface area contributed by atoms with Gasteiger partial charge >= 0.3 is 0 Å². The Morgan fingerprint density at radius 1 is 1.21 bits per heavy atom. The topological polar surface area (TPSA) is 83.6 Å². The molecule has 0 aromatic heterocycles. The summed E-state index contributed by atoms with van der Waals surface area (Å²) < 4.78 is 39.8. The molecule has 0 atom stereocenters. The van der Waals surface area contributed by atoms with Crippen molar-refractivity contribution in [2.75, 3.05) is 6.54 Å². The zero-order chi connectivity index (χ0) is 20.1. The molecule has 2 aromatic carbocycles. The number of carbonyl (C=O) groups is 2. The lowest BCUT2D eigenvalue weighted by Gasteiger charge is -2.13. The summed E-state index contributed by atoms with van der Waals surface area (Å²) in [7, 11) is -3.90. The Labute approximate surface area is 169 Å². The van der Waals surface area contributed by atoms with E-state index in [2.05, 4.69) is 21.2 Å². The minimum atomic E-state index is -3.90. The fourth-order valence-corrected chi connectivity index (χ4v) is 5.44. The summed E-state index contributed by atoms with van der Waals surface area (Å²) in [6, 6.07) is 8.45. The molecule has 0 unspecified atom stereocenters. The standard InChI is InChI=1S/C19H16BrFN2O4S/c20-15-9-11(1-6-16(15)21)7-8-22-18(24)12-2-5-14-17(10-12)28(26,27)23(19(14)25)13-3-4-13/h1-2,5-6,9-10,13H,3-4,7-8H2,(H,22,24). The van der Waals surface area contributed by atoms with Crippen LogP contribution in [0.2, 0.25) is 0 Å². The van der Waals surface area contributed by atoms with Crippen LogP contribution in [-0.4, -0.2) is 37.1 Å². The summed E-state index contributed by atoms with van der Waals surface area (Å²) in [5, 5.41) is 2.72. The van der Waals surface area contributed by atoms with E-state index in [1.54, 1.807) is 12.1 Å². The predicted molar refractivity (Wildman–Crippen MR) is 103 cm³/mol. The lowest BCUT2D eigenvalue weighted by molar-refractivity contribution is 0.0863. The third-order valence-corrected chi connectivity index (χ3v) is 7.26. The Hall–Kier alpha value is -2.26. The second kappa shape index (κ2) is 6.97. The summed E-state index contributed by atoms with van der Waals surface area (Å²) in [5.74, 6) is -1.32. The van der Waals surface area contributed by atoms with Gasteiger partial charge in [-0.05, 0) is 71.1 Å². The molecule has 1 heterocycles. The zero-order valence-electron chi connectivity index (χ0n) is 14.6. The summed E-state index contributed by atoms with van der Waals surface area (Å²) >= 11 is 3.12. The molecule has 0 radical (unpaired) electrons. The third kappa shape index (κ3) is 3.33. The van der Waals surface area contributed by atoms with Crippen molar-refractivity contribution in [2.45, 2.75) is 30.2 Å². The van der Waals surface area contributed by atoms with Crippen molar-refractivity contribution in [3.8, 4) is 0 Å². The van der Waals surface area contributed by atoms with E-state index >= 15 is 0 Å². The molecule has 6 nitrogen and oxygen atoms in total. The SMILES string of the molecule is O=C(NCCc1ccc(F)c(Br)c1)c1ccc2c(c1)S(=O)(=O)N(C1CC1)C2=O. The van der Waals surface area contributed by atoms with E-state index in [1.807, 2.05) is 0 Å². The molecule has 9 heteroatoms. The number of hydrogen-bond acceptors (Lipinski definition) is 4. The molecule has 0 saturated heterocycles. The fraction of sp³-hybridized carbons (Fsp3) is 0.263. The molecule has 28 heavy (non-hydrogen) atoms. The zero-order valence-corrected chi connectivity index (χ0v) is 17.0. The highest BCUT2D eigenvalue weighted by atomic mass is 79.9. The number of fused-ring (bicyclic) bond motifs is 1. The van der Waals surface area contributed by atoms with E-state index in [1.165, 1.54) is 24.3 Å². The molecule has 1 aliphatic heterocycles. The van der Waals surface area contributed by atoms with Gasteiger partial charge in [-0.15, -0.1) is 0 Å². The lowest BCUT2D eigenvalue weighted by atomic mass is 10.1. The van der Waals surface area contributed by atoms with Crippen LogP contribution in [0.25, 0.3) is 0 Å². The van der Waals surface area contributed by atoms with Crippen molar-refractivity contribution in [2.24, 2.45) is 0 Å². The maximum absolute atomic E-state index is 13.3. The Bertz CT molecular complexity index is 1100. The van der Waals surface area contributed by atoms with Crippen LogP contribution in [0.3, 0.4) is 0 Å². The summed E-state index contributed by atoms with van der Waals surface area (Å²) in [4.78, 5) is 24.7. The van der Waals surface area contributed by atoms with Crippen LogP contribution in [0, 0.1) is 5.82 Å². The van der Waals surface area contributed by atoms with Gasteiger partial charge in [0.1, 0.15) is 10.7 Å². The molecule has 1 N–H and O–H groups in total. The smallest absolute Gasteiger partial charge is 0.269 e. The van der Waals surface area contributed by atoms with Gasteiger partial charge in [-0.25, -0.2) is 17.1 Å². The Morgan fingerprint density at radius 3 is 2.64 bits per heavy atom. The number of nitrogens with zero attached hydrogens (tertiary/aromatic N) is 1. The van der Waals surface area contributed by atoms with E-state index in [0.717, 1.165) is 9.87 Å². The third-order valence-electron chi connectivity index (χ3n) is 4.77. The maximum atomic E-state index is 13.3. The van der Waals surface area contributed by atoms with E-state index in [0.29, 0.717) is 30.3 Å². The monoisotopic (exact) mass is 466 g/mol. The van der Waals surface area contributed by atoms with Crippen molar-refractivity contribution in [1.29, 1.82) is 0 Å². The molecule has 4 rings (SSSR count). The van der Waals surface area contributed by atoms with Crippen LogP contribution in [-0.2, 0) is 16.4 Å².